The molecular formula is C30H34N2O2. The van der Waals surface area contributed by atoms with E-state index in [1.54, 1.807) is 12.3 Å². The van der Waals surface area contributed by atoms with Crippen LogP contribution >= 0.6 is 0 Å². The molecule has 2 aromatic carbocycles. The average Bonchev–Trinajstić information content (AvgIpc) is 3.56. The molecule has 2 fully saturated rings. The van der Waals surface area contributed by atoms with Crippen LogP contribution in [0.5, 0.6) is 0 Å². The number of furan rings is 1. The molecule has 34 heavy (non-hydrogen) atoms. The number of piperidine rings is 1. The van der Waals surface area contributed by atoms with Crippen LogP contribution in [0.3, 0.4) is 0 Å². The van der Waals surface area contributed by atoms with E-state index < -0.39 is 0 Å². The molecule has 1 aliphatic carbocycles. The van der Waals surface area contributed by atoms with Gasteiger partial charge in [0.05, 0.1) is 6.26 Å². The van der Waals surface area contributed by atoms with Gasteiger partial charge in [-0.2, -0.15) is 0 Å². The van der Waals surface area contributed by atoms with Crippen molar-refractivity contribution in [2.24, 2.45) is 5.92 Å². The molecule has 3 aromatic rings. The Labute approximate surface area is 202 Å². The summed E-state index contributed by atoms with van der Waals surface area (Å²) in [5, 5.41) is 0. The highest BCUT2D eigenvalue weighted by Gasteiger charge is 2.42. The molecule has 1 aliphatic heterocycles. The lowest BCUT2D eigenvalue weighted by molar-refractivity contribution is 0.0467. The second-order valence-corrected chi connectivity index (χ2v) is 9.63. The second kappa shape index (κ2) is 10.9. The molecule has 0 radical (unpaired) electrons. The summed E-state index contributed by atoms with van der Waals surface area (Å²) >= 11 is 0. The maximum absolute atomic E-state index is 13.5. The largest absolute Gasteiger partial charge is 0.459 e. The van der Waals surface area contributed by atoms with Gasteiger partial charge in [0.1, 0.15) is 0 Å². The number of amides is 1. The summed E-state index contributed by atoms with van der Waals surface area (Å²) in [5.41, 5.74) is 2.55. The third-order valence-electron chi connectivity index (χ3n) is 7.20. The molecule has 4 nitrogen and oxygen atoms in total. The summed E-state index contributed by atoms with van der Waals surface area (Å²) in [5.74, 6) is 1.02. The predicted octanol–water partition coefficient (Wildman–Crippen LogP) is 5.92. The third-order valence-corrected chi connectivity index (χ3v) is 7.20. The van der Waals surface area contributed by atoms with Crippen molar-refractivity contribution in [2.75, 3.05) is 19.6 Å². The van der Waals surface area contributed by atoms with Crippen LogP contribution in [0.2, 0.25) is 0 Å². The van der Waals surface area contributed by atoms with E-state index in [0.29, 0.717) is 17.7 Å². The molecule has 2 aliphatic rings. The van der Waals surface area contributed by atoms with Gasteiger partial charge < -0.3 is 9.32 Å². The van der Waals surface area contributed by atoms with E-state index >= 15 is 0 Å². The van der Waals surface area contributed by atoms with Crippen LogP contribution in [0.4, 0.5) is 0 Å². The van der Waals surface area contributed by atoms with E-state index in [0.717, 1.165) is 51.7 Å². The van der Waals surface area contributed by atoms with E-state index in [2.05, 4.69) is 82.6 Å². The summed E-state index contributed by atoms with van der Waals surface area (Å²) in [6.45, 7) is 3.12. The lowest BCUT2D eigenvalue weighted by Crippen LogP contribution is -2.50. The topological polar surface area (TPSA) is 36.7 Å². The zero-order valence-electron chi connectivity index (χ0n) is 19.8. The lowest BCUT2D eigenvalue weighted by Gasteiger charge is -2.41. The SMILES string of the molecule is O=C(c1ccco1)N(C1CC1)[C@H](Cc1ccccc1)C1CCN(C/C=C/c2ccccc2)CC1. The van der Waals surface area contributed by atoms with Gasteiger partial charge >= 0.3 is 0 Å². The van der Waals surface area contributed by atoms with Gasteiger partial charge in [0.25, 0.3) is 5.91 Å². The fourth-order valence-corrected chi connectivity index (χ4v) is 5.24. The molecule has 1 aromatic heterocycles. The highest BCUT2D eigenvalue weighted by atomic mass is 16.3. The lowest BCUT2D eigenvalue weighted by atomic mass is 9.84. The van der Waals surface area contributed by atoms with Crippen molar-refractivity contribution in [1.82, 2.24) is 9.80 Å². The van der Waals surface area contributed by atoms with Gasteiger partial charge in [-0.1, -0.05) is 72.8 Å². The number of rotatable bonds is 9. The fraction of sp³-hybridized carbons (Fsp3) is 0.367. The molecule has 1 atom stereocenters. The van der Waals surface area contributed by atoms with Crippen LogP contribution < -0.4 is 0 Å². The molecule has 4 heteroatoms. The Bertz CT molecular complexity index is 1050. The maximum atomic E-state index is 13.5. The minimum Gasteiger partial charge on any atom is -0.459 e. The van der Waals surface area contributed by atoms with Crippen LogP contribution in [-0.4, -0.2) is 47.4 Å². The number of likely N-dealkylation sites (tertiary alicyclic amines) is 1. The van der Waals surface area contributed by atoms with Gasteiger partial charge in [0.2, 0.25) is 0 Å². The molecule has 0 bridgehead atoms. The van der Waals surface area contributed by atoms with Gasteiger partial charge in [-0.25, -0.2) is 0 Å². The minimum atomic E-state index is 0.0571. The number of benzene rings is 2. The first-order valence-electron chi connectivity index (χ1n) is 12.6. The third kappa shape index (κ3) is 5.68. The molecule has 1 amide bonds. The van der Waals surface area contributed by atoms with Crippen molar-refractivity contribution in [2.45, 2.75) is 44.2 Å². The van der Waals surface area contributed by atoms with Crippen molar-refractivity contribution >= 4 is 12.0 Å². The van der Waals surface area contributed by atoms with Crippen molar-refractivity contribution < 1.29 is 9.21 Å². The summed E-state index contributed by atoms with van der Waals surface area (Å²) in [4.78, 5) is 18.2. The Morgan fingerprint density at radius 2 is 1.65 bits per heavy atom. The van der Waals surface area contributed by atoms with Gasteiger partial charge in [-0.3, -0.25) is 9.69 Å². The monoisotopic (exact) mass is 454 g/mol. The number of carbonyl (C=O) groups excluding carboxylic acids is 1. The van der Waals surface area contributed by atoms with Crippen molar-refractivity contribution in [3.63, 3.8) is 0 Å². The molecule has 1 saturated carbocycles. The van der Waals surface area contributed by atoms with E-state index in [1.165, 1.54) is 11.1 Å². The van der Waals surface area contributed by atoms with Crippen LogP contribution in [-0.2, 0) is 6.42 Å². The maximum Gasteiger partial charge on any atom is 0.290 e. The van der Waals surface area contributed by atoms with Crippen LogP contribution in [0.25, 0.3) is 6.08 Å². The Hall–Kier alpha value is -3.11. The fourth-order valence-electron chi connectivity index (χ4n) is 5.24. The average molecular weight is 455 g/mol. The Morgan fingerprint density at radius 1 is 0.941 bits per heavy atom. The first-order chi connectivity index (χ1) is 16.8. The van der Waals surface area contributed by atoms with Crippen molar-refractivity contribution in [1.29, 1.82) is 0 Å². The summed E-state index contributed by atoms with van der Waals surface area (Å²) < 4.78 is 5.53. The summed E-state index contributed by atoms with van der Waals surface area (Å²) in [7, 11) is 0. The summed E-state index contributed by atoms with van der Waals surface area (Å²) in [6, 6.07) is 25.3. The predicted molar refractivity (Wildman–Crippen MR) is 136 cm³/mol. The highest BCUT2D eigenvalue weighted by molar-refractivity contribution is 5.92. The molecule has 2 heterocycles. The molecule has 0 unspecified atom stereocenters. The second-order valence-electron chi connectivity index (χ2n) is 9.63. The Kier molecular flexibility index (Phi) is 7.25. The molecule has 1 saturated heterocycles. The van der Waals surface area contributed by atoms with Gasteiger partial charge in [0.15, 0.2) is 5.76 Å². The molecule has 5 rings (SSSR count). The first-order valence-corrected chi connectivity index (χ1v) is 12.6. The number of nitrogens with zero attached hydrogens (tertiary/aromatic N) is 2. The standard InChI is InChI=1S/C30H34N2O2/c33-30(29-14-8-22-34-29)32(27-15-16-27)28(23-25-11-5-2-6-12-25)26-17-20-31(21-18-26)19-7-13-24-9-3-1-4-10-24/h1-14,22,26-28H,15-21,23H2/b13-7+/t28-/m1/s1. The van der Waals surface area contributed by atoms with E-state index in [4.69, 9.17) is 4.42 Å². The van der Waals surface area contributed by atoms with Crippen molar-refractivity contribution in [3.05, 3.63) is 102 Å². The molecule has 0 spiro atoms. The summed E-state index contributed by atoms with van der Waals surface area (Å²) in [6.07, 6.45) is 11.4. The number of hydrogen-bond donors (Lipinski definition) is 0. The smallest absolute Gasteiger partial charge is 0.290 e. The van der Waals surface area contributed by atoms with E-state index in [9.17, 15) is 4.79 Å². The van der Waals surface area contributed by atoms with E-state index in [1.807, 2.05) is 6.07 Å². The normalized spacial score (nSPS) is 18.2. The Morgan fingerprint density at radius 3 is 2.29 bits per heavy atom. The van der Waals surface area contributed by atoms with Gasteiger partial charge in [-0.05, 0) is 74.4 Å². The Balaban J connectivity index is 1.28. The quantitative estimate of drug-likeness (QED) is 0.403. The minimum absolute atomic E-state index is 0.0571. The molecular weight excluding hydrogens is 420 g/mol. The van der Waals surface area contributed by atoms with Crippen molar-refractivity contribution in [3.8, 4) is 0 Å². The first kappa shape index (κ1) is 22.7. The van der Waals surface area contributed by atoms with Crippen LogP contribution in [0, 0.1) is 5.92 Å². The van der Waals surface area contributed by atoms with Crippen LogP contribution in [0.15, 0.2) is 89.6 Å². The highest BCUT2D eigenvalue weighted by Crippen LogP contribution is 2.36. The zero-order chi connectivity index (χ0) is 23.2. The number of carbonyl (C=O) groups is 1. The van der Waals surface area contributed by atoms with E-state index in [-0.39, 0.29) is 11.9 Å². The number of hydrogen-bond acceptors (Lipinski definition) is 3. The van der Waals surface area contributed by atoms with Crippen LogP contribution in [0.1, 0.15) is 47.4 Å². The van der Waals surface area contributed by atoms with Gasteiger partial charge in [-0.15, -0.1) is 0 Å². The zero-order valence-corrected chi connectivity index (χ0v) is 19.8. The molecule has 176 valence electrons. The molecule has 0 N–H and O–H groups in total. The van der Waals surface area contributed by atoms with Gasteiger partial charge in [0, 0.05) is 18.6 Å².